The van der Waals surface area contributed by atoms with Crippen LogP contribution in [0.4, 0.5) is 17.3 Å². The lowest BCUT2D eigenvalue weighted by Crippen LogP contribution is -2.48. The number of aliphatic hydroxyl groups is 1. The topological polar surface area (TPSA) is 151 Å². The SMILES string of the molecule is [B][P+]1(OCOC(C)=O)OCC2O[C@@H](N3c4ncnc(N)c4NC3Br)[C@@H](O)C2O1. The van der Waals surface area contributed by atoms with E-state index in [2.05, 4.69) is 31.2 Å². The minimum Gasteiger partial charge on any atom is -0.434 e. The Morgan fingerprint density at radius 3 is 3.14 bits per heavy atom. The van der Waals surface area contributed by atoms with E-state index in [-0.39, 0.29) is 12.4 Å². The maximum atomic E-state index is 10.9. The van der Waals surface area contributed by atoms with Gasteiger partial charge >= 0.3 is 21.4 Å². The summed E-state index contributed by atoms with van der Waals surface area (Å²) in [5.74, 6) is 0.209. The molecule has 0 aromatic carbocycles. The number of hydrogen-bond acceptors (Lipinski definition) is 12. The van der Waals surface area contributed by atoms with Crippen molar-refractivity contribution >= 4 is 54.6 Å². The third kappa shape index (κ3) is 3.54. The fourth-order valence-electron chi connectivity index (χ4n) is 3.11. The fourth-order valence-corrected chi connectivity index (χ4v) is 5.12. The number of nitrogens with zero attached hydrogens (tertiary/aromatic N) is 3. The Bertz CT molecular complexity index is 783. The summed E-state index contributed by atoms with van der Waals surface area (Å²) in [7, 11) is 2.72. The maximum Gasteiger partial charge on any atom is 0.488 e. The number of halogens is 1. The van der Waals surface area contributed by atoms with Crippen LogP contribution in [-0.2, 0) is 27.8 Å². The number of nitrogens with two attached hydrogens (primary N) is 1. The molecule has 6 atom stereocenters. The summed E-state index contributed by atoms with van der Waals surface area (Å²) in [6.07, 6.45) is -2.00. The smallest absolute Gasteiger partial charge is 0.434 e. The Kier molecular flexibility index (Phi) is 5.38. The van der Waals surface area contributed by atoms with Gasteiger partial charge in [0, 0.05) is 6.92 Å². The molecular formula is C13H17BBrN5O7P+. The minimum absolute atomic E-state index is 0.0373. The highest BCUT2D eigenvalue weighted by molar-refractivity contribution is 9.09. The molecular weight excluding hydrogens is 460 g/mol. The average Bonchev–Trinajstić information content (AvgIpc) is 3.12. The number of nitrogen functional groups attached to an aromatic ring is 1. The van der Waals surface area contributed by atoms with Crippen molar-refractivity contribution < 1.29 is 32.9 Å². The van der Waals surface area contributed by atoms with Crippen LogP contribution in [0, 0.1) is 0 Å². The van der Waals surface area contributed by atoms with Gasteiger partial charge in [-0.1, -0.05) is 0 Å². The monoisotopic (exact) mass is 476 g/mol. The van der Waals surface area contributed by atoms with Crippen LogP contribution in [-0.4, -0.2) is 71.6 Å². The molecule has 2 fully saturated rings. The first kappa shape index (κ1) is 20.0. The molecule has 3 aliphatic rings. The molecule has 2 radical (unpaired) electrons. The fraction of sp³-hybridized carbons (Fsp3) is 0.615. The third-order valence-corrected chi connectivity index (χ3v) is 6.56. The van der Waals surface area contributed by atoms with Crippen LogP contribution in [0.5, 0.6) is 0 Å². The minimum atomic E-state index is -3.28. The number of alkyl halides is 1. The van der Waals surface area contributed by atoms with Gasteiger partial charge in [-0.25, -0.2) is 9.97 Å². The van der Waals surface area contributed by atoms with E-state index < -0.39 is 50.2 Å². The summed E-state index contributed by atoms with van der Waals surface area (Å²) >= 11 is 3.46. The van der Waals surface area contributed by atoms with Gasteiger partial charge in [-0.15, -0.1) is 0 Å². The van der Waals surface area contributed by atoms with Gasteiger partial charge in [0.2, 0.25) is 6.79 Å². The van der Waals surface area contributed by atoms with Crippen LogP contribution in [0.2, 0.25) is 0 Å². The molecule has 0 saturated carbocycles. The van der Waals surface area contributed by atoms with Gasteiger partial charge < -0.3 is 25.6 Å². The summed E-state index contributed by atoms with van der Waals surface area (Å²) in [6, 6.07) is 0. The summed E-state index contributed by atoms with van der Waals surface area (Å²) in [6.45, 7) is 0.855. The first-order valence-electron chi connectivity index (χ1n) is 8.20. The molecule has 4 heterocycles. The Labute approximate surface area is 170 Å². The second-order valence-electron chi connectivity index (χ2n) is 6.19. The van der Waals surface area contributed by atoms with Gasteiger partial charge in [-0.2, -0.15) is 13.6 Å². The number of nitrogens with one attached hydrogen (secondary N) is 1. The van der Waals surface area contributed by atoms with E-state index in [9.17, 15) is 9.90 Å². The summed E-state index contributed by atoms with van der Waals surface area (Å²) in [5, 5.41) is 13.5. The molecule has 150 valence electrons. The second kappa shape index (κ2) is 7.52. The van der Waals surface area contributed by atoms with Crippen LogP contribution >= 0.6 is 23.8 Å². The van der Waals surface area contributed by atoms with Gasteiger partial charge in [0.1, 0.15) is 30.8 Å². The molecule has 15 heteroatoms. The van der Waals surface area contributed by atoms with Crippen molar-refractivity contribution in [2.75, 3.05) is 29.4 Å². The first-order chi connectivity index (χ1) is 13.3. The van der Waals surface area contributed by atoms with Crippen LogP contribution in [0.1, 0.15) is 6.92 Å². The zero-order valence-corrected chi connectivity index (χ0v) is 17.1. The van der Waals surface area contributed by atoms with Crippen LogP contribution in [0.15, 0.2) is 6.33 Å². The lowest BCUT2D eigenvalue weighted by atomic mass is 10.1. The van der Waals surface area contributed by atoms with Crippen molar-refractivity contribution in [2.24, 2.45) is 0 Å². The molecule has 4 rings (SSSR count). The molecule has 3 aliphatic heterocycles. The molecule has 4 unspecified atom stereocenters. The lowest BCUT2D eigenvalue weighted by molar-refractivity contribution is -0.149. The highest BCUT2D eigenvalue weighted by Crippen LogP contribution is 2.62. The molecule has 0 amide bonds. The second-order valence-corrected chi connectivity index (χ2v) is 8.86. The Hall–Kier alpha value is -1.28. The van der Waals surface area contributed by atoms with Crippen molar-refractivity contribution in [1.29, 1.82) is 0 Å². The van der Waals surface area contributed by atoms with E-state index in [0.717, 1.165) is 0 Å². The van der Waals surface area contributed by atoms with Gasteiger partial charge in [-0.05, 0) is 15.9 Å². The number of carbonyl (C=O) groups excluding carboxylic acids is 1. The molecule has 0 spiro atoms. The third-order valence-electron chi connectivity index (χ3n) is 4.37. The van der Waals surface area contributed by atoms with Gasteiger partial charge in [0.05, 0.1) is 0 Å². The normalized spacial score (nSPS) is 36.5. The lowest BCUT2D eigenvalue weighted by Gasteiger charge is -2.31. The van der Waals surface area contributed by atoms with Gasteiger partial charge in [0.15, 0.2) is 29.0 Å². The van der Waals surface area contributed by atoms with Crippen molar-refractivity contribution in [2.45, 2.75) is 36.5 Å². The van der Waals surface area contributed by atoms with Crippen LogP contribution in [0.25, 0.3) is 0 Å². The van der Waals surface area contributed by atoms with Crippen molar-refractivity contribution in [1.82, 2.24) is 9.97 Å². The predicted molar refractivity (Wildman–Crippen MR) is 101 cm³/mol. The van der Waals surface area contributed by atoms with E-state index in [1.807, 2.05) is 0 Å². The number of ether oxygens (including phenoxy) is 2. The summed E-state index contributed by atoms with van der Waals surface area (Å²) in [5.41, 5.74) is 6.40. The maximum absolute atomic E-state index is 10.9. The molecule has 28 heavy (non-hydrogen) atoms. The van der Waals surface area contributed by atoms with Crippen molar-refractivity contribution in [3.63, 3.8) is 0 Å². The van der Waals surface area contributed by atoms with Crippen molar-refractivity contribution in [3.05, 3.63) is 6.33 Å². The molecule has 4 N–H and O–H groups in total. The number of aliphatic hydroxyl groups excluding tert-OH is 1. The zero-order chi connectivity index (χ0) is 20.1. The Morgan fingerprint density at radius 2 is 2.39 bits per heavy atom. The number of hydrogen-bond donors (Lipinski definition) is 3. The largest absolute Gasteiger partial charge is 0.488 e. The standard InChI is InChI=1S/C13H17BBrN5O7P/c1-5(21)23-4-25-28(14)24-2-6-9(27-28)8(22)12(26-6)20-11-7(19-13(20)15)10(16)17-3-18-11/h3,6,8-9,12-13,19,22H,2,4H2,1H3,(H2,16,17,18)/q+1/t6?,8-,9?,12+,13?,28?/m0/s1. The quantitative estimate of drug-likeness (QED) is 0.132. The van der Waals surface area contributed by atoms with E-state index in [0.29, 0.717) is 11.5 Å². The number of esters is 1. The molecule has 1 aromatic heterocycles. The average molecular weight is 477 g/mol. The van der Waals surface area contributed by atoms with E-state index in [4.69, 9.17) is 36.3 Å². The highest BCUT2D eigenvalue weighted by Gasteiger charge is 2.60. The molecule has 0 aliphatic carbocycles. The molecule has 0 bridgehead atoms. The number of rotatable bonds is 4. The Balaban J connectivity index is 1.49. The predicted octanol–water partition coefficient (Wildman–Crippen LogP) is -0.146. The summed E-state index contributed by atoms with van der Waals surface area (Å²) in [4.78, 5) is 20.7. The number of fused-ring (bicyclic) bond motifs is 2. The highest BCUT2D eigenvalue weighted by atomic mass is 79.9. The van der Waals surface area contributed by atoms with Crippen LogP contribution in [0.3, 0.4) is 0 Å². The van der Waals surface area contributed by atoms with E-state index in [1.165, 1.54) is 13.3 Å². The van der Waals surface area contributed by atoms with Crippen molar-refractivity contribution in [3.8, 4) is 0 Å². The molecule has 2 saturated heterocycles. The number of anilines is 3. The Morgan fingerprint density at radius 1 is 1.61 bits per heavy atom. The first-order valence-corrected chi connectivity index (χ1v) is 10.7. The zero-order valence-electron chi connectivity index (χ0n) is 14.6. The molecule has 12 nitrogen and oxygen atoms in total. The summed E-state index contributed by atoms with van der Waals surface area (Å²) < 4.78 is 27.0. The van der Waals surface area contributed by atoms with Gasteiger partial charge in [0.25, 0.3) is 0 Å². The number of carbonyl (C=O) groups is 1. The number of aromatic nitrogens is 2. The van der Waals surface area contributed by atoms with E-state index in [1.54, 1.807) is 4.90 Å². The molecule has 1 aromatic rings. The van der Waals surface area contributed by atoms with Gasteiger partial charge in [-0.3, -0.25) is 9.69 Å². The van der Waals surface area contributed by atoms with Crippen LogP contribution < -0.4 is 16.0 Å². The van der Waals surface area contributed by atoms with E-state index >= 15 is 0 Å².